The topological polar surface area (TPSA) is 71.3 Å². The summed E-state index contributed by atoms with van der Waals surface area (Å²) in [4.78, 5) is 23.3. The zero-order chi connectivity index (χ0) is 20.1. The molecule has 0 saturated carbocycles. The fourth-order valence-electron chi connectivity index (χ4n) is 3.41. The lowest BCUT2D eigenvalue weighted by Crippen LogP contribution is -2.35. The third-order valence-corrected chi connectivity index (χ3v) is 5.27. The predicted octanol–water partition coefficient (Wildman–Crippen LogP) is 4.67. The molecule has 3 aromatic rings. The van der Waals surface area contributed by atoms with Gasteiger partial charge in [0.05, 0.1) is 16.3 Å². The standard InChI is InChI=1S/C22H23ClN4O2/c23-19-13-17(22(28)27-11-5-2-6-12-27)14-25-20(19)24-10-9-18-15-29-21(26-18)16-7-3-1-4-8-16/h1,3-4,7-8,13-15H,2,5-6,9-12H2,(H,24,25). The number of piperidine rings is 1. The maximum absolute atomic E-state index is 12.6. The third-order valence-electron chi connectivity index (χ3n) is 4.98. The first-order valence-corrected chi connectivity index (χ1v) is 10.3. The number of amides is 1. The Kier molecular flexibility index (Phi) is 6.10. The average Bonchev–Trinajstić information content (AvgIpc) is 3.24. The number of nitrogens with one attached hydrogen (secondary N) is 1. The van der Waals surface area contributed by atoms with Crippen molar-refractivity contribution >= 4 is 23.3 Å². The summed E-state index contributed by atoms with van der Waals surface area (Å²) in [7, 11) is 0. The highest BCUT2D eigenvalue weighted by atomic mass is 35.5. The monoisotopic (exact) mass is 410 g/mol. The lowest BCUT2D eigenvalue weighted by molar-refractivity contribution is 0.0724. The molecule has 6 nitrogen and oxygen atoms in total. The van der Waals surface area contributed by atoms with Crippen molar-refractivity contribution < 1.29 is 9.21 Å². The molecule has 0 radical (unpaired) electrons. The molecule has 4 rings (SSSR count). The average molecular weight is 411 g/mol. The number of anilines is 1. The Hall–Kier alpha value is -2.86. The molecule has 29 heavy (non-hydrogen) atoms. The predicted molar refractivity (Wildman–Crippen MR) is 113 cm³/mol. The molecule has 1 fully saturated rings. The zero-order valence-corrected chi connectivity index (χ0v) is 16.9. The highest BCUT2D eigenvalue weighted by Gasteiger charge is 2.19. The van der Waals surface area contributed by atoms with Crippen molar-refractivity contribution in [1.82, 2.24) is 14.9 Å². The number of carbonyl (C=O) groups excluding carboxylic acids is 1. The van der Waals surface area contributed by atoms with Gasteiger partial charge in [0.1, 0.15) is 12.1 Å². The molecule has 1 saturated heterocycles. The van der Waals surface area contributed by atoms with Gasteiger partial charge in [-0.3, -0.25) is 4.79 Å². The number of rotatable bonds is 6. The van der Waals surface area contributed by atoms with Gasteiger partial charge in [0.15, 0.2) is 0 Å². The molecule has 1 aromatic carbocycles. The number of hydrogen-bond acceptors (Lipinski definition) is 5. The van der Waals surface area contributed by atoms with Crippen LogP contribution in [0.15, 0.2) is 53.3 Å². The summed E-state index contributed by atoms with van der Waals surface area (Å²) in [6, 6.07) is 11.5. The van der Waals surface area contributed by atoms with Crippen molar-refractivity contribution in [3.8, 4) is 11.5 Å². The number of nitrogens with zero attached hydrogens (tertiary/aromatic N) is 3. The van der Waals surface area contributed by atoms with E-state index >= 15 is 0 Å². The van der Waals surface area contributed by atoms with E-state index in [1.165, 1.54) is 6.42 Å². The smallest absolute Gasteiger partial charge is 0.255 e. The van der Waals surface area contributed by atoms with Gasteiger partial charge in [-0.1, -0.05) is 29.8 Å². The molecule has 1 aliphatic heterocycles. The second-order valence-corrected chi connectivity index (χ2v) is 7.50. The van der Waals surface area contributed by atoms with E-state index in [0.717, 1.165) is 37.2 Å². The van der Waals surface area contributed by atoms with Gasteiger partial charge in [0, 0.05) is 37.8 Å². The second kappa shape index (κ2) is 9.09. The van der Waals surface area contributed by atoms with Crippen LogP contribution in [0.4, 0.5) is 5.82 Å². The highest BCUT2D eigenvalue weighted by Crippen LogP contribution is 2.22. The van der Waals surface area contributed by atoms with Crippen LogP contribution in [0.1, 0.15) is 35.3 Å². The van der Waals surface area contributed by atoms with Crippen molar-refractivity contribution in [3.63, 3.8) is 0 Å². The highest BCUT2D eigenvalue weighted by molar-refractivity contribution is 6.33. The van der Waals surface area contributed by atoms with Crippen molar-refractivity contribution in [2.24, 2.45) is 0 Å². The van der Waals surface area contributed by atoms with Crippen molar-refractivity contribution in [2.45, 2.75) is 25.7 Å². The first-order valence-electron chi connectivity index (χ1n) is 9.89. The molecule has 0 unspecified atom stereocenters. The fraction of sp³-hybridized carbons (Fsp3) is 0.318. The van der Waals surface area contributed by atoms with E-state index in [-0.39, 0.29) is 5.91 Å². The Bertz CT molecular complexity index is 968. The molecule has 7 heteroatoms. The molecule has 0 bridgehead atoms. The maximum atomic E-state index is 12.6. The normalized spacial score (nSPS) is 14.0. The number of halogens is 1. The minimum Gasteiger partial charge on any atom is -0.444 e. The summed E-state index contributed by atoms with van der Waals surface area (Å²) in [5.41, 5.74) is 2.33. The Balaban J connectivity index is 1.33. The van der Waals surface area contributed by atoms with Gasteiger partial charge in [-0.2, -0.15) is 0 Å². The second-order valence-electron chi connectivity index (χ2n) is 7.09. The van der Waals surface area contributed by atoms with Crippen molar-refractivity contribution in [1.29, 1.82) is 0 Å². The third kappa shape index (κ3) is 4.77. The van der Waals surface area contributed by atoms with E-state index < -0.39 is 0 Å². The number of aromatic nitrogens is 2. The molecule has 1 N–H and O–H groups in total. The Morgan fingerprint density at radius 2 is 1.97 bits per heavy atom. The Morgan fingerprint density at radius 3 is 2.72 bits per heavy atom. The van der Waals surface area contributed by atoms with E-state index in [0.29, 0.717) is 35.3 Å². The zero-order valence-electron chi connectivity index (χ0n) is 16.1. The van der Waals surface area contributed by atoms with Gasteiger partial charge in [-0.05, 0) is 37.5 Å². The SMILES string of the molecule is O=C(c1cnc(NCCc2coc(-c3ccccc3)n2)c(Cl)c1)N1CCCCC1. The molecule has 3 heterocycles. The van der Waals surface area contributed by atoms with Crippen LogP contribution in [0.3, 0.4) is 0 Å². The van der Waals surface area contributed by atoms with Crippen LogP contribution in [-0.2, 0) is 6.42 Å². The summed E-state index contributed by atoms with van der Waals surface area (Å²) >= 11 is 6.35. The minimum absolute atomic E-state index is 0.00156. The molecule has 2 aromatic heterocycles. The van der Waals surface area contributed by atoms with Gasteiger partial charge >= 0.3 is 0 Å². The molecular formula is C22H23ClN4O2. The van der Waals surface area contributed by atoms with Gasteiger partial charge in [0.2, 0.25) is 5.89 Å². The number of pyridine rings is 1. The van der Waals surface area contributed by atoms with Gasteiger partial charge in [-0.25, -0.2) is 9.97 Å². The van der Waals surface area contributed by atoms with Gasteiger partial charge in [-0.15, -0.1) is 0 Å². The van der Waals surface area contributed by atoms with Crippen LogP contribution in [-0.4, -0.2) is 40.4 Å². The van der Waals surface area contributed by atoms with Gasteiger partial charge < -0.3 is 14.6 Å². The lowest BCUT2D eigenvalue weighted by Gasteiger charge is -2.26. The molecule has 0 atom stereocenters. The molecule has 1 aliphatic rings. The molecule has 150 valence electrons. The summed E-state index contributed by atoms with van der Waals surface area (Å²) in [6.45, 7) is 2.21. The lowest BCUT2D eigenvalue weighted by atomic mass is 10.1. The molecular weight excluding hydrogens is 388 g/mol. The summed E-state index contributed by atoms with van der Waals surface area (Å²) < 4.78 is 5.55. The van der Waals surface area contributed by atoms with Crippen LogP contribution < -0.4 is 5.32 Å². The summed E-state index contributed by atoms with van der Waals surface area (Å²) in [6.07, 6.45) is 7.22. The van der Waals surface area contributed by atoms with Crippen LogP contribution in [0, 0.1) is 0 Å². The largest absolute Gasteiger partial charge is 0.444 e. The fourth-order valence-corrected chi connectivity index (χ4v) is 3.64. The minimum atomic E-state index is 0.00156. The number of carbonyl (C=O) groups is 1. The van der Waals surface area contributed by atoms with Crippen molar-refractivity contribution in [2.75, 3.05) is 25.0 Å². The van der Waals surface area contributed by atoms with E-state index in [4.69, 9.17) is 16.0 Å². The van der Waals surface area contributed by atoms with E-state index in [2.05, 4.69) is 15.3 Å². The Labute approximate surface area is 174 Å². The number of likely N-dealkylation sites (tertiary alicyclic amines) is 1. The molecule has 1 amide bonds. The summed E-state index contributed by atoms with van der Waals surface area (Å²) in [5, 5.41) is 3.65. The first-order chi connectivity index (χ1) is 14.2. The first kappa shape index (κ1) is 19.5. The maximum Gasteiger partial charge on any atom is 0.255 e. The van der Waals surface area contributed by atoms with E-state index in [9.17, 15) is 4.79 Å². The molecule has 0 spiro atoms. The summed E-state index contributed by atoms with van der Waals surface area (Å²) in [5.74, 6) is 1.17. The Morgan fingerprint density at radius 1 is 1.17 bits per heavy atom. The quantitative estimate of drug-likeness (QED) is 0.639. The van der Waals surface area contributed by atoms with Crippen LogP contribution in [0.25, 0.3) is 11.5 Å². The van der Waals surface area contributed by atoms with Crippen LogP contribution in [0.5, 0.6) is 0 Å². The molecule has 0 aliphatic carbocycles. The van der Waals surface area contributed by atoms with E-state index in [1.807, 2.05) is 35.2 Å². The number of benzene rings is 1. The van der Waals surface area contributed by atoms with E-state index in [1.54, 1.807) is 18.5 Å². The van der Waals surface area contributed by atoms with Gasteiger partial charge in [0.25, 0.3) is 5.91 Å². The van der Waals surface area contributed by atoms with Crippen LogP contribution in [0.2, 0.25) is 5.02 Å². The van der Waals surface area contributed by atoms with Crippen molar-refractivity contribution in [3.05, 3.63) is 65.1 Å². The van der Waals surface area contributed by atoms with Crippen LogP contribution >= 0.6 is 11.6 Å². The number of hydrogen-bond donors (Lipinski definition) is 1. The number of oxazole rings is 1.